The van der Waals surface area contributed by atoms with Crippen molar-refractivity contribution in [3.63, 3.8) is 0 Å². The summed E-state index contributed by atoms with van der Waals surface area (Å²) in [5.41, 5.74) is 3.48. The van der Waals surface area contributed by atoms with Crippen LogP contribution < -0.4 is 10.1 Å². The molecule has 2 nitrogen and oxygen atoms in total. The van der Waals surface area contributed by atoms with E-state index in [0.717, 1.165) is 45.8 Å². The van der Waals surface area contributed by atoms with Crippen molar-refractivity contribution in [2.24, 2.45) is 0 Å². The van der Waals surface area contributed by atoms with E-state index in [1.54, 1.807) is 0 Å². The Labute approximate surface area is 138 Å². The predicted octanol–water partition coefficient (Wildman–Crippen LogP) is 4.74. The topological polar surface area (TPSA) is 21.3 Å². The summed E-state index contributed by atoms with van der Waals surface area (Å²) in [7, 11) is 1.95. The minimum atomic E-state index is 0.0167. The summed E-state index contributed by atoms with van der Waals surface area (Å²) in [6.07, 6.45) is 2.16. The van der Waals surface area contributed by atoms with E-state index in [9.17, 15) is 0 Å². The third-order valence-corrected chi connectivity index (χ3v) is 4.67. The zero-order chi connectivity index (χ0) is 14.8. The summed E-state index contributed by atoms with van der Waals surface area (Å²) < 4.78 is 6.96. The molecule has 110 valence electrons. The highest BCUT2D eigenvalue weighted by molar-refractivity contribution is 9.10. The van der Waals surface area contributed by atoms with Gasteiger partial charge in [0.05, 0.1) is 12.6 Å². The number of hydrogen-bond acceptors (Lipinski definition) is 2. The Morgan fingerprint density at radius 2 is 2.10 bits per heavy atom. The second-order valence-electron chi connectivity index (χ2n) is 5.18. The van der Waals surface area contributed by atoms with Gasteiger partial charge in [0.1, 0.15) is 5.75 Å². The van der Waals surface area contributed by atoms with Gasteiger partial charge in [0.2, 0.25) is 0 Å². The van der Waals surface area contributed by atoms with Crippen molar-refractivity contribution >= 4 is 27.5 Å². The van der Waals surface area contributed by atoms with E-state index in [4.69, 9.17) is 16.3 Å². The van der Waals surface area contributed by atoms with Crippen LogP contribution in [0, 0.1) is 0 Å². The molecule has 1 unspecified atom stereocenters. The van der Waals surface area contributed by atoms with Gasteiger partial charge in [-0.1, -0.05) is 45.7 Å². The summed E-state index contributed by atoms with van der Waals surface area (Å²) in [4.78, 5) is 0. The molecule has 3 rings (SSSR count). The zero-order valence-electron chi connectivity index (χ0n) is 11.8. The quantitative estimate of drug-likeness (QED) is 0.847. The first-order valence-electron chi connectivity index (χ1n) is 7.07. The van der Waals surface area contributed by atoms with E-state index < -0.39 is 0 Å². The lowest BCUT2D eigenvalue weighted by Crippen LogP contribution is -2.21. The number of rotatable bonds is 3. The van der Waals surface area contributed by atoms with Gasteiger partial charge >= 0.3 is 0 Å². The van der Waals surface area contributed by atoms with Crippen LogP contribution >= 0.6 is 27.5 Å². The maximum atomic E-state index is 6.40. The van der Waals surface area contributed by atoms with Gasteiger partial charge in [-0.2, -0.15) is 0 Å². The molecule has 0 saturated carbocycles. The van der Waals surface area contributed by atoms with Gasteiger partial charge in [0, 0.05) is 15.1 Å². The van der Waals surface area contributed by atoms with E-state index in [0.29, 0.717) is 0 Å². The normalized spacial score (nSPS) is 15.2. The van der Waals surface area contributed by atoms with Crippen LogP contribution in [0.3, 0.4) is 0 Å². The average molecular weight is 367 g/mol. The molecule has 0 aliphatic carbocycles. The largest absolute Gasteiger partial charge is 0.493 e. The number of para-hydroxylation sites is 1. The molecule has 0 radical (unpaired) electrons. The van der Waals surface area contributed by atoms with Gasteiger partial charge in [0.25, 0.3) is 0 Å². The fourth-order valence-corrected chi connectivity index (χ4v) is 3.46. The van der Waals surface area contributed by atoms with Crippen LogP contribution in [0.25, 0.3) is 0 Å². The minimum absolute atomic E-state index is 0.0167. The van der Waals surface area contributed by atoms with E-state index in [1.165, 1.54) is 5.56 Å². The first kappa shape index (κ1) is 14.9. The first-order chi connectivity index (χ1) is 10.2. The molecule has 1 atom stereocenters. The average Bonchev–Trinajstić information content (AvgIpc) is 2.51. The molecule has 0 aromatic heterocycles. The van der Waals surface area contributed by atoms with Crippen molar-refractivity contribution < 1.29 is 4.74 Å². The molecular weight excluding hydrogens is 350 g/mol. The summed E-state index contributed by atoms with van der Waals surface area (Å²) in [6, 6.07) is 12.3. The second kappa shape index (κ2) is 6.39. The number of nitrogens with one attached hydrogen (secondary N) is 1. The number of fused-ring (bicyclic) bond motifs is 1. The lowest BCUT2D eigenvalue weighted by molar-refractivity contribution is 0.283. The third-order valence-electron chi connectivity index (χ3n) is 3.83. The number of hydrogen-bond donors (Lipinski definition) is 1. The summed E-state index contributed by atoms with van der Waals surface area (Å²) in [6.45, 7) is 0.784. The van der Waals surface area contributed by atoms with Gasteiger partial charge in [0.15, 0.2) is 0 Å². The summed E-state index contributed by atoms with van der Waals surface area (Å²) in [5, 5.41) is 4.12. The van der Waals surface area contributed by atoms with Crippen LogP contribution in [0.4, 0.5) is 0 Å². The molecule has 1 heterocycles. The van der Waals surface area contributed by atoms with Crippen LogP contribution in [-0.4, -0.2) is 13.7 Å². The standard InChI is InChI=1S/C17H17BrClNO/c1-20-16(14-10-12(18)7-8-15(14)19)13-6-2-4-11-5-3-9-21-17(11)13/h2,4,6-8,10,16,20H,3,5,9H2,1H3. The molecule has 21 heavy (non-hydrogen) atoms. The maximum absolute atomic E-state index is 6.40. The van der Waals surface area contributed by atoms with Gasteiger partial charge in [-0.3, -0.25) is 0 Å². The Kier molecular flexibility index (Phi) is 4.53. The van der Waals surface area contributed by atoms with Crippen molar-refractivity contribution in [3.05, 3.63) is 62.6 Å². The monoisotopic (exact) mass is 365 g/mol. The Balaban J connectivity index is 2.10. The highest BCUT2D eigenvalue weighted by atomic mass is 79.9. The number of benzene rings is 2. The smallest absolute Gasteiger partial charge is 0.127 e. The Hall–Kier alpha value is -1.03. The van der Waals surface area contributed by atoms with Gasteiger partial charge < -0.3 is 10.1 Å². The number of ether oxygens (including phenoxy) is 1. The lowest BCUT2D eigenvalue weighted by atomic mass is 9.94. The van der Waals surface area contributed by atoms with Crippen LogP contribution in [0.1, 0.15) is 29.2 Å². The van der Waals surface area contributed by atoms with Crippen LogP contribution in [-0.2, 0) is 6.42 Å². The minimum Gasteiger partial charge on any atom is -0.493 e. The number of halogens is 2. The van der Waals surface area contributed by atoms with E-state index >= 15 is 0 Å². The molecule has 0 bridgehead atoms. The second-order valence-corrected chi connectivity index (χ2v) is 6.50. The molecule has 1 aliphatic rings. The first-order valence-corrected chi connectivity index (χ1v) is 8.24. The van der Waals surface area contributed by atoms with Crippen LogP contribution in [0.2, 0.25) is 5.02 Å². The fraction of sp³-hybridized carbons (Fsp3) is 0.294. The summed E-state index contributed by atoms with van der Waals surface area (Å²) in [5.74, 6) is 1.01. The molecule has 2 aromatic carbocycles. The van der Waals surface area contributed by atoms with Crippen molar-refractivity contribution in [3.8, 4) is 5.75 Å². The van der Waals surface area contributed by atoms with E-state index in [-0.39, 0.29) is 6.04 Å². The SMILES string of the molecule is CNC(c1cc(Br)ccc1Cl)c1cccc2c1OCCC2. The Morgan fingerprint density at radius 3 is 2.90 bits per heavy atom. The third kappa shape index (κ3) is 2.96. The molecule has 1 aliphatic heterocycles. The highest BCUT2D eigenvalue weighted by Gasteiger charge is 2.23. The molecular formula is C17H17BrClNO. The highest BCUT2D eigenvalue weighted by Crippen LogP contribution is 2.38. The molecule has 1 N–H and O–H groups in total. The predicted molar refractivity (Wildman–Crippen MR) is 90.3 cm³/mol. The van der Waals surface area contributed by atoms with Gasteiger partial charge in [-0.15, -0.1) is 0 Å². The lowest BCUT2D eigenvalue weighted by Gasteiger charge is -2.26. The van der Waals surface area contributed by atoms with Crippen molar-refractivity contribution in [1.82, 2.24) is 5.32 Å². The van der Waals surface area contributed by atoms with Crippen molar-refractivity contribution in [2.45, 2.75) is 18.9 Å². The Morgan fingerprint density at radius 1 is 1.24 bits per heavy atom. The van der Waals surface area contributed by atoms with Gasteiger partial charge in [-0.25, -0.2) is 0 Å². The van der Waals surface area contributed by atoms with E-state index in [1.807, 2.05) is 19.2 Å². The van der Waals surface area contributed by atoms with Gasteiger partial charge in [-0.05, 0) is 49.2 Å². The molecule has 0 spiro atoms. The number of aryl methyl sites for hydroxylation is 1. The molecule has 0 saturated heterocycles. The summed E-state index contributed by atoms with van der Waals surface area (Å²) >= 11 is 9.92. The maximum Gasteiger partial charge on any atom is 0.127 e. The van der Waals surface area contributed by atoms with Crippen LogP contribution in [0.5, 0.6) is 5.75 Å². The molecule has 4 heteroatoms. The molecule has 2 aromatic rings. The zero-order valence-corrected chi connectivity index (χ0v) is 14.2. The Bertz CT molecular complexity index is 659. The molecule has 0 fully saturated rings. The molecule has 0 amide bonds. The fourth-order valence-electron chi connectivity index (χ4n) is 2.86. The van der Waals surface area contributed by atoms with Crippen molar-refractivity contribution in [2.75, 3.05) is 13.7 Å². The van der Waals surface area contributed by atoms with Crippen molar-refractivity contribution in [1.29, 1.82) is 0 Å². The van der Waals surface area contributed by atoms with E-state index in [2.05, 4.69) is 45.5 Å². The van der Waals surface area contributed by atoms with Crippen LogP contribution in [0.15, 0.2) is 40.9 Å².